The van der Waals surface area contributed by atoms with E-state index in [1.807, 2.05) is 0 Å². The van der Waals surface area contributed by atoms with Crippen LogP contribution >= 0.6 is 0 Å². The molecule has 0 saturated carbocycles. The Hall–Kier alpha value is -0.720. The quantitative estimate of drug-likeness (QED) is 0.577. The molecule has 0 unspecified atom stereocenters. The van der Waals surface area contributed by atoms with Crippen LogP contribution in [0.25, 0.3) is 0 Å². The van der Waals surface area contributed by atoms with Gasteiger partial charge >= 0.3 is 0 Å². The standard InChI is InChI=1S/C11H19N/c1-9-8-11(2,3)7-6-10(9)12(4)5/h6-7H,8H2,1-5H3. The van der Waals surface area contributed by atoms with Crippen molar-refractivity contribution in [1.82, 2.24) is 4.90 Å². The second-order valence-electron chi connectivity index (χ2n) is 4.56. The molecule has 0 radical (unpaired) electrons. The first kappa shape index (κ1) is 9.37. The summed E-state index contributed by atoms with van der Waals surface area (Å²) in [5.74, 6) is 0. The van der Waals surface area contributed by atoms with Crippen molar-refractivity contribution >= 4 is 0 Å². The number of nitrogens with zero attached hydrogens (tertiary/aromatic N) is 1. The molecule has 0 atom stereocenters. The Morgan fingerprint density at radius 1 is 1.33 bits per heavy atom. The number of rotatable bonds is 1. The second kappa shape index (κ2) is 2.96. The van der Waals surface area contributed by atoms with Crippen molar-refractivity contribution in [2.24, 2.45) is 5.41 Å². The summed E-state index contributed by atoms with van der Waals surface area (Å²) in [6.45, 7) is 6.78. The zero-order valence-electron chi connectivity index (χ0n) is 8.81. The Kier molecular flexibility index (Phi) is 2.31. The van der Waals surface area contributed by atoms with E-state index in [4.69, 9.17) is 0 Å². The minimum absolute atomic E-state index is 0.351. The fourth-order valence-electron chi connectivity index (χ4n) is 1.81. The molecule has 0 heterocycles. The maximum absolute atomic E-state index is 2.30. The van der Waals surface area contributed by atoms with Gasteiger partial charge in [-0.3, -0.25) is 0 Å². The molecule has 1 nitrogen and oxygen atoms in total. The van der Waals surface area contributed by atoms with Crippen molar-refractivity contribution in [2.75, 3.05) is 14.1 Å². The lowest BCUT2D eigenvalue weighted by Crippen LogP contribution is -2.19. The van der Waals surface area contributed by atoms with Crippen LogP contribution < -0.4 is 0 Å². The number of likely N-dealkylation sites (N-methyl/N-ethyl adjacent to an activating group) is 1. The van der Waals surface area contributed by atoms with Gasteiger partial charge in [0.05, 0.1) is 0 Å². The average molecular weight is 165 g/mol. The van der Waals surface area contributed by atoms with E-state index in [-0.39, 0.29) is 0 Å². The Morgan fingerprint density at radius 3 is 2.33 bits per heavy atom. The number of hydrogen-bond donors (Lipinski definition) is 0. The van der Waals surface area contributed by atoms with Crippen LogP contribution in [0, 0.1) is 5.41 Å². The minimum Gasteiger partial charge on any atom is -0.378 e. The normalized spacial score (nSPS) is 21.4. The minimum atomic E-state index is 0.351. The molecule has 1 aliphatic rings. The van der Waals surface area contributed by atoms with Crippen LogP contribution in [-0.2, 0) is 0 Å². The molecule has 12 heavy (non-hydrogen) atoms. The van der Waals surface area contributed by atoms with Gasteiger partial charge < -0.3 is 4.90 Å². The van der Waals surface area contributed by atoms with Crippen molar-refractivity contribution in [2.45, 2.75) is 27.2 Å². The maximum atomic E-state index is 2.30. The molecule has 0 bridgehead atoms. The van der Waals surface area contributed by atoms with Gasteiger partial charge in [0.1, 0.15) is 0 Å². The van der Waals surface area contributed by atoms with Gasteiger partial charge in [-0.05, 0) is 30.4 Å². The third-order valence-corrected chi connectivity index (χ3v) is 2.33. The Bertz CT molecular complexity index is 231. The van der Waals surface area contributed by atoms with Gasteiger partial charge in [0.2, 0.25) is 0 Å². The van der Waals surface area contributed by atoms with E-state index in [0.29, 0.717) is 5.41 Å². The summed E-state index contributed by atoms with van der Waals surface area (Å²) in [5, 5.41) is 0. The van der Waals surface area contributed by atoms with E-state index in [2.05, 4.69) is 51.9 Å². The van der Waals surface area contributed by atoms with Crippen LogP contribution in [0.4, 0.5) is 0 Å². The summed E-state index contributed by atoms with van der Waals surface area (Å²) in [5.41, 5.74) is 3.21. The Labute approximate surface area is 75.8 Å². The number of hydrogen-bond acceptors (Lipinski definition) is 1. The van der Waals surface area contributed by atoms with Crippen LogP contribution in [0.2, 0.25) is 0 Å². The van der Waals surface area contributed by atoms with Gasteiger partial charge in [-0.2, -0.15) is 0 Å². The van der Waals surface area contributed by atoms with Gasteiger partial charge in [-0.15, -0.1) is 0 Å². The summed E-state index contributed by atoms with van der Waals surface area (Å²) >= 11 is 0. The first-order valence-corrected chi connectivity index (χ1v) is 4.49. The first-order chi connectivity index (χ1) is 5.42. The van der Waals surface area contributed by atoms with Crippen molar-refractivity contribution in [3.8, 4) is 0 Å². The molecule has 68 valence electrons. The highest BCUT2D eigenvalue weighted by Crippen LogP contribution is 2.33. The molecular formula is C11H19N. The van der Waals surface area contributed by atoms with E-state index in [0.717, 1.165) is 0 Å². The highest BCUT2D eigenvalue weighted by molar-refractivity contribution is 5.29. The summed E-state index contributed by atoms with van der Waals surface area (Å²) in [6.07, 6.45) is 5.71. The molecule has 0 fully saturated rings. The van der Waals surface area contributed by atoms with E-state index in [1.165, 1.54) is 17.7 Å². The lowest BCUT2D eigenvalue weighted by Gasteiger charge is -2.29. The topological polar surface area (TPSA) is 3.24 Å². The van der Waals surface area contributed by atoms with Crippen LogP contribution in [0.15, 0.2) is 23.4 Å². The summed E-state index contributed by atoms with van der Waals surface area (Å²) in [6, 6.07) is 0. The fourth-order valence-corrected chi connectivity index (χ4v) is 1.81. The molecule has 0 aromatic heterocycles. The zero-order valence-corrected chi connectivity index (χ0v) is 8.81. The first-order valence-electron chi connectivity index (χ1n) is 4.49. The van der Waals surface area contributed by atoms with Gasteiger partial charge in [0.25, 0.3) is 0 Å². The lowest BCUT2D eigenvalue weighted by atomic mass is 9.81. The summed E-state index contributed by atoms with van der Waals surface area (Å²) in [7, 11) is 4.20. The van der Waals surface area contributed by atoms with Gasteiger partial charge in [0.15, 0.2) is 0 Å². The molecule has 1 heteroatoms. The van der Waals surface area contributed by atoms with Gasteiger partial charge in [0, 0.05) is 19.8 Å². The largest absolute Gasteiger partial charge is 0.378 e. The van der Waals surface area contributed by atoms with Crippen LogP contribution in [0.3, 0.4) is 0 Å². The highest BCUT2D eigenvalue weighted by atomic mass is 15.1. The highest BCUT2D eigenvalue weighted by Gasteiger charge is 2.20. The molecule has 0 N–H and O–H groups in total. The Morgan fingerprint density at radius 2 is 1.92 bits per heavy atom. The van der Waals surface area contributed by atoms with Gasteiger partial charge in [-0.25, -0.2) is 0 Å². The molecule has 0 amide bonds. The average Bonchev–Trinajstić information content (AvgIpc) is 1.83. The third kappa shape index (κ3) is 1.90. The van der Waals surface area contributed by atoms with Crippen molar-refractivity contribution in [3.63, 3.8) is 0 Å². The zero-order chi connectivity index (χ0) is 9.35. The molecule has 0 aromatic rings. The molecule has 0 aliphatic heterocycles. The molecular weight excluding hydrogens is 146 g/mol. The second-order valence-corrected chi connectivity index (χ2v) is 4.56. The predicted octanol–water partition coefficient (Wildman–Crippen LogP) is 2.81. The molecule has 1 aliphatic carbocycles. The van der Waals surface area contributed by atoms with Crippen LogP contribution in [0.5, 0.6) is 0 Å². The van der Waals surface area contributed by atoms with E-state index >= 15 is 0 Å². The van der Waals surface area contributed by atoms with E-state index in [1.54, 1.807) is 0 Å². The predicted molar refractivity (Wildman–Crippen MR) is 53.9 cm³/mol. The lowest BCUT2D eigenvalue weighted by molar-refractivity contribution is 0.438. The monoisotopic (exact) mass is 165 g/mol. The molecule has 1 rings (SSSR count). The summed E-state index contributed by atoms with van der Waals surface area (Å²) < 4.78 is 0. The van der Waals surface area contributed by atoms with Crippen molar-refractivity contribution in [1.29, 1.82) is 0 Å². The number of allylic oxidation sites excluding steroid dienone is 3. The third-order valence-electron chi connectivity index (χ3n) is 2.33. The fraction of sp³-hybridized carbons (Fsp3) is 0.636. The van der Waals surface area contributed by atoms with Crippen LogP contribution in [0.1, 0.15) is 27.2 Å². The van der Waals surface area contributed by atoms with Gasteiger partial charge in [-0.1, -0.05) is 19.9 Å². The van der Waals surface area contributed by atoms with E-state index in [9.17, 15) is 0 Å². The summed E-state index contributed by atoms with van der Waals surface area (Å²) in [4.78, 5) is 2.18. The van der Waals surface area contributed by atoms with E-state index < -0.39 is 0 Å². The maximum Gasteiger partial charge on any atom is 0.0347 e. The van der Waals surface area contributed by atoms with Crippen LogP contribution in [-0.4, -0.2) is 19.0 Å². The van der Waals surface area contributed by atoms with Crippen molar-refractivity contribution in [3.05, 3.63) is 23.4 Å². The van der Waals surface area contributed by atoms with Crippen molar-refractivity contribution < 1.29 is 0 Å². The molecule has 0 spiro atoms. The smallest absolute Gasteiger partial charge is 0.0347 e. The molecule has 0 saturated heterocycles. The molecule has 0 aromatic carbocycles. The SMILES string of the molecule is CC1=C(N(C)C)C=CC(C)(C)C1. The Balaban J connectivity index is 2.88.